The number of amides is 3. The lowest BCUT2D eigenvalue weighted by molar-refractivity contribution is -0.274. The molecule has 0 radical (unpaired) electrons. The summed E-state index contributed by atoms with van der Waals surface area (Å²) in [5, 5.41) is 14.5. The highest BCUT2D eigenvalue weighted by molar-refractivity contribution is 5.81. The van der Waals surface area contributed by atoms with Crippen molar-refractivity contribution >= 4 is 23.7 Å². The van der Waals surface area contributed by atoms with Gasteiger partial charge in [-0.2, -0.15) is 0 Å². The Hall–Kier alpha value is -4.03. The van der Waals surface area contributed by atoms with E-state index in [1.165, 1.54) is 12.1 Å². The zero-order valence-electron chi connectivity index (χ0n) is 17.9. The van der Waals surface area contributed by atoms with Gasteiger partial charge in [-0.25, -0.2) is 15.2 Å². The molecule has 1 aromatic carbocycles. The van der Waals surface area contributed by atoms with Crippen molar-refractivity contribution < 1.29 is 37.4 Å². The minimum Gasteiger partial charge on any atom is -0.481 e. The van der Waals surface area contributed by atoms with E-state index in [1.54, 1.807) is 12.3 Å². The molecule has 2 aromatic rings. The quantitative estimate of drug-likeness (QED) is 0.244. The molecule has 1 aromatic heterocycles. The number of nitrogens with one attached hydrogen (secondary N) is 4. The maximum atomic E-state index is 12.3. The summed E-state index contributed by atoms with van der Waals surface area (Å²) in [5.41, 5.74) is 4.57. The second kappa shape index (κ2) is 12.9. The molecule has 10 nitrogen and oxygen atoms in total. The van der Waals surface area contributed by atoms with Crippen molar-refractivity contribution in [1.29, 1.82) is 0 Å². The summed E-state index contributed by atoms with van der Waals surface area (Å²) >= 11 is 0. The number of hydrazine groups is 1. The van der Waals surface area contributed by atoms with Gasteiger partial charge < -0.3 is 20.5 Å². The van der Waals surface area contributed by atoms with Gasteiger partial charge in [0.25, 0.3) is 0 Å². The first-order valence-electron chi connectivity index (χ1n) is 10.2. The lowest BCUT2D eigenvalue weighted by Crippen LogP contribution is -2.48. The van der Waals surface area contributed by atoms with Crippen LogP contribution in [-0.4, -0.2) is 40.9 Å². The number of carbonyl (C=O) groups is 3. The fourth-order valence-electron chi connectivity index (χ4n) is 2.81. The molecule has 34 heavy (non-hydrogen) atoms. The van der Waals surface area contributed by atoms with Crippen molar-refractivity contribution in [3.63, 3.8) is 0 Å². The zero-order chi connectivity index (χ0) is 25.0. The smallest absolute Gasteiger partial charge is 0.481 e. The molecule has 0 aliphatic rings. The first-order valence-corrected chi connectivity index (χ1v) is 10.2. The fourth-order valence-corrected chi connectivity index (χ4v) is 2.81. The first-order chi connectivity index (χ1) is 16.1. The Morgan fingerprint density at radius 1 is 1.03 bits per heavy atom. The van der Waals surface area contributed by atoms with Crippen LogP contribution in [0.15, 0.2) is 48.7 Å². The van der Waals surface area contributed by atoms with E-state index in [0.29, 0.717) is 19.4 Å². The van der Waals surface area contributed by atoms with Crippen molar-refractivity contribution in [3.05, 3.63) is 54.2 Å². The average Bonchev–Trinajstić information content (AvgIpc) is 2.77. The standard InChI is InChI=1S/C21H24F3N5O5/c22-21(23,24)34-15-9-7-14(8-10-15)16(13-19(31)32)27-20(33)29-28-18(30)6-2-4-12-26-17-5-1-3-11-25-17/h1,3,5,7-11,16H,2,4,6,12-13H2,(H,25,26)(H,28,30)(H,31,32)(H2,27,29,33). The van der Waals surface area contributed by atoms with Crippen molar-refractivity contribution in [2.24, 2.45) is 0 Å². The highest BCUT2D eigenvalue weighted by Gasteiger charge is 2.31. The van der Waals surface area contributed by atoms with Gasteiger partial charge in [-0.1, -0.05) is 18.2 Å². The van der Waals surface area contributed by atoms with E-state index in [1.807, 2.05) is 12.1 Å². The van der Waals surface area contributed by atoms with Gasteiger partial charge in [0.05, 0.1) is 12.5 Å². The number of aliphatic carboxylic acids is 1. The number of urea groups is 1. The average molecular weight is 483 g/mol. The number of anilines is 1. The van der Waals surface area contributed by atoms with Gasteiger partial charge in [0.1, 0.15) is 11.6 Å². The fraction of sp³-hybridized carbons (Fsp3) is 0.333. The van der Waals surface area contributed by atoms with Gasteiger partial charge in [0.2, 0.25) is 5.91 Å². The molecule has 1 atom stereocenters. The predicted molar refractivity (Wildman–Crippen MR) is 115 cm³/mol. The summed E-state index contributed by atoms with van der Waals surface area (Å²) in [4.78, 5) is 39.2. The van der Waals surface area contributed by atoms with Crippen LogP contribution in [0.2, 0.25) is 0 Å². The molecule has 1 unspecified atom stereocenters. The number of rotatable bonds is 11. The van der Waals surface area contributed by atoms with Gasteiger partial charge in [0, 0.05) is 19.2 Å². The van der Waals surface area contributed by atoms with Crippen molar-refractivity contribution in [2.45, 2.75) is 38.1 Å². The van der Waals surface area contributed by atoms with Crippen LogP contribution in [0.4, 0.5) is 23.8 Å². The second-order valence-corrected chi connectivity index (χ2v) is 7.01. The Kier molecular flexibility index (Phi) is 9.92. The summed E-state index contributed by atoms with van der Waals surface area (Å²) < 4.78 is 40.6. The SMILES string of the molecule is O=C(O)CC(NC(=O)NNC(=O)CCCCNc1ccccn1)c1ccc(OC(F)(F)F)cc1. The number of ether oxygens (including phenoxy) is 1. The summed E-state index contributed by atoms with van der Waals surface area (Å²) in [5.74, 6) is -1.46. The molecular formula is C21H24F3N5O5. The number of hydrogen-bond acceptors (Lipinski definition) is 6. The van der Waals surface area contributed by atoms with Gasteiger partial charge >= 0.3 is 18.4 Å². The molecule has 1 heterocycles. The lowest BCUT2D eigenvalue weighted by Gasteiger charge is -2.19. The van der Waals surface area contributed by atoms with E-state index >= 15 is 0 Å². The Labute approximate surface area is 192 Å². The number of carbonyl (C=O) groups excluding carboxylic acids is 2. The molecule has 0 saturated carbocycles. The van der Waals surface area contributed by atoms with Crippen LogP contribution in [0.5, 0.6) is 5.75 Å². The Balaban J connectivity index is 1.75. The number of benzene rings is 1. The number of alkyl halides is 3. The van der Waals surface area contributed by atoms with Gasteiger partial charge in [-0.3, -0.25) is 15.0 Å². The predicted octanol–water partition coefficient (Wildman–Crippen LogP) is 3.11. The van der Waals surface area contributed by atoms with E-state index in [-0.39, 0.29) is 12.0 Å². The largest absolute Gasteiger partial charge is 0.573 e. The molecule has 0 aliphatic heterocycles. The van der Waals surface area contributed by atoms with Crippen LogP contribution in [0, 0.1) is 0 Å². The van der Waals surface area contributed by atoms with Gasteiger partial charge in [-0.05, 0) is 42.7 Å². The minimum atomic E-state index is -4.87. The number of nitrogens with zero attached hydrogens (tertiary/aromatic N) is 1. The number of halogens is 3. The van der Waals surface area contributed by atoms with Crippen molar-refractivity contribution in [1.82, 2.24) is 21.2 Å². The van der Waals surface area contributed by atoms with Crippen LogP contribution in [0.1, 0.15) is 37.3 Å². The summed E-state index contributed by atoms with van der Waals surface area (Å²) in [6, 6.07) is 7.92. The molecule has 0 fully saturated rings. The van der Waals surface area contributed by atoms with Gasteiger partial charge in [0.15, 0.2) is 0 Å². The number of carboxylic acid groups (broad SMARTS) is 1. The van der Waals surface area contributed by atoms with Crippen LogP contribution < -0.4 is 26.2 Å². The van der Waals surface area contributed by atoms with E-state index in [0.717, 1.165) is 18.0 Å². The zero-order valence-corrected chi connectivity index (χ0v) is 17.9. The third-order valence-corrected chi connectivity index (χ3v) is 4.32. The topological polar surface area (TPSA) is 142 Å². The van der Waals surface area contributed by atoms with Gasteiger partial charge in [-0.15, -0.1) is 13.2 Å². The monoisotopic (exact) mass is 483 g/mol. The summed E-state index contributed by atoms with van der Waals surface area (Å²) in [6.45, 7) is 0.613. The molecule has 3 amide bonds. The highest BCUT2D eigenvalue weighted by Crippen LogP contribution is 2.25. The first kappa shape index (κ1) is 26.2. The maximum absolute atomic E-state index is 12.3. The number of pyridine rings is 1. The Bertz CT molecular complexity index is 942. The van der Waals surface area contributed by atoms with Crippen molar-refractivity contribution in [2.75, 3.05) is 11.9 Å². The Morgan fingerprint density at radius 2 is 1.76 bits per heavy atom. The summed E-state index contributed by atoms with van der Waals surface area (Å²) in [6.07, 6.45) is -2.37. The van der Waals surface area contributed by atoms with Crippen LogP contribution in [0.25, 0.3) is 0 Å². The molecule has 0 aliphatic carbocycles. The number of carboxylic acids is 1. The van der Waals surface area contributed by atoms with E-state index < -0.39 is 42.5 Å². The molecule has 0 spiro atoms. The number of unbranched alkanes of at least 4 members (excludes halogenated alkanes) is 1. The van der Waals surface area contributed by atoms with E-state index in [9.17, 15) is 27.6 Å². The molecule has 13 heteroatoms. The van der Waals surface area contributed by atoms with E-state index in [4.69, 9.17) is 5.11 Å². The molecule has 5 N–H and O–H groups in total. The maximum Gasteiger partial charge on any atom is 0.573 e. The molecule has 184 valence electrons. The Morgan fingerprint density at radius 3 is 2.38 bits per heavy atom. The number of aromatic nitrogens is 1. The van der Waals surface area contributed by atoms with Crippen LogP contribution in [-0.2, 0) is 9.59 Å². The van der Waals surface area contributed by atoms with E-state index in [2.05, 4.69) is 31.2 Å². The third kappa shape index (κ3) is 10.5. The molecule has 0 bridgehead atoms. The summed E-state index contributed by atoms with van der Waals surface area (Å²) in [7, 11) is 0. The lowest BCUT2D eigenvalue weighted by atomic mass is 10.0. The molecular weight excluding hydrogens is 459 g/mol. The van der Waals surface area contributed by atoms with Crippen LogP contribution >= 0.6 is 0 Å². The third-order valence-electron chi connectivity index (χ3n) is 4.32. The highest BCUT2D eigenvalue weighted by atomic mass is 19.4. The van der Waals surface area contributed by atoms with Crippen LogP contribution in [0.3, 0.4) is 0 Å². The minimum absolute atomic E-state index is 0.142. The second-order valence-electron chi connectivity index (χ2n) is 7.01. The number of hydrogen-bond donors (Lipinski definition) is 5. The molecule has 0 saturated heterocycles. The normalized spacial score (nSPS) is 11.7. The molecule has 2 rings (SSSR count). The van der Waals surface area contributed by atoms with Crippen molar-refractivity contribution in [3.8, 4) is 5.75 Å².